The van der Waals surface area contributed by atoms with E-state index in [1.807, 2.05) is 12.1 Å². The molecule has 0 spiro atoms. The molecule has 1 aromatic rings. The maximum atomic E-state index is 6.25. The van der Waals surface area contributed by atoms with Crippen molar-refractivity contribution in [1.29, 1.82) is 0 Å². The molecule has 92 valence electrons. The highest BCUT2D eigenvalue weighted by Crippen LogP contribution is 2.27. The van der Waals surface area contributed by atoms with Crippen LogP contribution in [-0.2, 0) is 6.54 Å². The van der Waals surface area contributed by atoms with E-state index in [9.17, 15) is 0 Å². The number of hydrogen-bond acceptors (Lipinski definition) is 2. The van der Waals surface area contributed by atoms with E-state index in [0.29, 0.717) is 6.17 Å². The molecule has 1 unspecified atom stereocenters. The Kier molecular flexibility index (Phi) is 3.37. The average Bonchev–Trinajstić information content (AvgIpc) is 2.81. The van der Waals surface area contributed by atoms with Gasteiger partial charge >= 0.3 is 0 Å². The summed E-state index contributed by atoms with van der Waals surface area (Å²) < 4.78 is 0. The van der Waals surface area contributed by atoms with Crippen molar-refractivity contribution < 1.29 is 0 Å². The largest absolute Gasteiger partial charge is 0.288 e. The van der Waals surface area contributed by atoms with Crippen molar-refractivity contribution in [3.8, 4) is 0 Å². The molecule has 0 aliphatic carbocycles. The molecule has 2 heterocycles. The lowest BCUT2D eigenvalue weighted by atomic mass is 10.1. The zero-order valence-electron chi connectivity index (χ0n) is 10.1. The minimum atomic E-state index is 0.667. The van der Waals surface area contributed by atoms with E-state index in [4.69, 9.17) is 11.6 Å². The lowest BCUT2D eigenvalue weighted by molar-refractivity contribution is 0.0287. The molecule has 2 aliphatic heterocycles. The summed E-state index contributed by atoms with van der Waals surface area (Å²) in [5, 5.41) is 0.905. The second-order valence-electron chi connectivity index (χ2n) is 5.07. The number of hydrogen-bond donors (Lipinski definition) is 0. The minimum Gasteiger partial charge on any atom is -0.288 e. The number of nitrogens with zero attached hydrogens (tertiary/aromatic N) is 2. The Hall–Kier alpha value is -0.570. The van der Waals surface area contributed by atoms with Crippen molar-refractivity contribution in [3.05, 3.63) is 34.9 Å². The smallest absolute Gasteiger partial charge is 0.0625 e. The van der Waals surface area contributed by atoms with Gasteiger partial charge in [0.05, 0.1) is 6.17 Å². The highest BCUT2D eigenvalue weighted by Gasteiger charge is 2.32. The molecule has 1 aromatic carbocycles. The molecule has 2 fully saturated rings. The second-order valence-corrected chi connectivity index (χ2v) is 5.48. The molecule has 0 aromatic heterocycles. The van der Waals surface area contributed by atoms with Gasteiger partial charge in [-0.3, -0.25) is 9.80 Å². The van der Waals surface area contributed by atoms with Gasteiger partial charge in [-0.05, 0) is 37.4 Å². The number of benzene rings is 1. The van der Waals surface area contributed by atoms with Crippen LogP contribution in [0.1, 0.15) is 24.8 Å². The molecule has 1 atom stereocenters. The Morgan fingerprint density at radius 2 is 1.94 bits per heavy atom. The summed E-state index contributed by atoms with van der Waals surface area (Å²) in [6, 6.07) is 8.23. The van der Waals surface area contributed by atoms with E-state index in [1.165, 1.54) is 44.5 Å². The summed E-state index contributed by atoms with van der Waals surface area (Å²) in [4.78, 5) is 5.22. The fraction of sp³-hybridized carbons (Fsp3) is 0.571. The zero-order chi connectivity index (χ0) is 11.7. The summed E-state index contributed by atoms with van der Waals surface area (Å²) in [6.07, 6.45) is 4.63. The molecule has 17 heavy (non-hydrogen) atoms. The van der Waals surface area contributed by atoms with Crippen LogP contribution < -0.4 is 0 Å². The lowest BCUT2D eigenvalue weighted by Crippen LogP contribution is -2.49. The predicted octanol–water partition coefficient (Wildman–Crippen LogP) is 2.97. The van der Waals surface area contributed by atoms with Crippen LogP contribution >= 0.6 is 11.6 Å². The van der Waals surface area contributed by atoms with E-state index in [-0.39, 0.29) is 0 Å². The monoisotopic (exact) mass is 250 g/mol. The first kappa shape index (κ1) is 11.5. The van der Waals surface area contributed by atoms with Crippen molar-refractivity contribution >= 4 is 11.6 Å². The third-order valence-electron chi connectivity index (χ3n) is 3.97. The van der Waals surface area contributed by atoms with Gasteiger partial charge in [-0.15, -0.1) is 0 Å². The third-order valence-corrected chi connectivity index (χ3v) is 4.34. The molecule has 0 saturated carbocycles. The van der Waals surface area contributed by atoms with Gasteiger partial charge in [0.25, 0.3) is 0 Å². The van der Waals surface area contributed by atoms with Gasteiger partial charge in [0, 0.05) is 24.7 Å². The van der Waals surface area contributed by atoms with Crippen molar-refractivity contribution in [3.63, 3.8) is 0 Å². The quantitative estimate of drug-likeness (QED) is 0.796. The third kappa shape index (κ3) is 2.35. The molecule has 3 heteroatoms. The fourth-order valence-corrected chi connectivity index (χ4v) is 3.33. The predicted molar refractivity (Wildman–Crippen MR) is 71.1 cm³/mol. The maximum Gasteiger partial charge on any atom is 0.0625 e. The normalized spacial score (nSPS) is 26.1. The van der Waals surface area contributed by atoms with Gasteiger partial charge in [-0.2, -0.15) is 0 Å². The highest BCUT2D eigenvalue weighted by atomic mass is 35.5. The van der Waals surface area contributed by atoms with Crippen molar-refractivity contribution in [1.82, 2.24) is 9.80 Å². The lowest BCUT2D eigenvalue weighted by Gasteiger charge is -2.40. The van der Waals surface area contributed by atoms with Crippen molar-refractivity contribution in [2.24, 2.45) is 0 Å². The SMILES string of the molecule is Clc1ccccc1CN1CCCN2CCCC21. The van der Waals surface area contributed by atoms with E-state index < -0.39 is 0 Å². The summed E-state index contributed by atoms with van der Waals surface area (Å²) >= 11 is 6.25. The Bertz CT molecular complexity index is 394. The first-order valence-corrected chi connectivity index (χ1v) is 6.94. The molecule has 3 rings (SSSR count). The first-order valence-electron chi connectivity index (χ1n) is 6.56. The van der Waals surface area contributed by atoms with Gasteiger partial charge in [-0.1, -0.05) is 29.8 Å². The van der Waals surface area contributed by atoms with Crippen LogP contribution in [-0.4, -0.2) is 35.6 Å². The topological polar surface area (TPSA) is 6.48 Å². The number of halogens is 1. The molecule has 0 bridgehead atoms. The molecule has 0 radical (unpaired) electrons. The van der Waals surface area contributed by atoms with Crippen LogP contribution in [0.15, 0.2) is 24.3 Å². The van der Waals surface area contributed by atoms with Crippen molar-refractivity contribution in [2.45, 2.75) is 32.0 Å². The van der Waals surface area contributed by atoms with Crippen LogP contribution in [0.5, 0.6) is 0 Å². The Labute approximate surface area is 108 Å². The molecule has 2 nitrogen and oxygen atoms in total. The molecule has 0 N–H and O–H groups in total. The van der Waals surface area contributed by atoms with Gasteiger partial charge in [-0.25, -0.2) is 0 Å². The number of fused-ring (bicyclic) bond motifs is 1. The summed E-state index contributed by atoms with van der Waals surface area (Å²) in [6.45, 7) is 4.78. The summed E-state index contributed by atoms with van der Waals surface area (Å²) in [5.74, 6) is 0. The van der Waals surface area contributed by atoms with Crippen LogP contribution in [0.3, 0.4) is 0 Å². The van der Waals surface area contributed by atoms with Crippen LogP contribution in [0.25, 0.3) is 0 Å². The van der Waals surface area contributed by atoms with Crippen LogP contribution in [0.4, 0.5) is 0 Å². The summed E-state index contributed by atoms with van der Waals surface area (Å²) in [7, 11) is 0. The minimum absolute atomic E-state index is 0.667. The molecule has 2 aliphatic rings. The molecular formula is C14H19ClN2. The van der Waals surface area contributed by atoms with E-state index >= 15 is 0 Å². The van der Waals surface area contributed by atoms with E-state index in [2.05, 4.69) is 21.9 Å². The van der Waals surface area contributed by atoms with Gasteiger partial charge in [0.15, 0.2) is 0 Å². The standard InChI is InChI=1S/C14H19ClN2/c15-13-6-2-1-5-12(13)11-17-10-4-9-16-8-3-7-14(16)17/h1-2,5-6,14H,3-4,7-11H2. The Balaban J connectivity index is 1.74. The van der Waals surface area contributed by atoms with E-state index in [1.54, 1.807) is 0 Å². The van der Waals surface area contributed by atoms with Crippen molar-refractivity contribution in [2.75, 3.05) is 19.6 Å². The van der Waals surface area contributed by atoms with Gasteiger partial charge in [0.1, 0.15) is 0 Å². The average molecular weight is 251 g/mol. The van der Waals surface area contributed by atoms with Gasteiger partial charge in [0.2, 0.25) is 0 Å². The zero-order valence-corrected chi connectivity index (χ0v) is 10.9. The second kappa shape index (κ2) is 4.97. The molecule has 2 saturated heterocycles. The first-order chi connectivity index (χ1) is 8.34. The molecule has 0 amide bonds. The number of rotatable bonds is 2. The van der Waals surface area contributed by atoms with Gasteiger partial charge < -0.3 is 0 Å². The van der Waals surface area contributed by atoms with Crippen LogP contribution in [0.2, 0.25) is 5.02 Å². The Morgan fingerprint density at radius 1 is 1.12 bits per heavy atom. The highest BCUT2D eigenvalue weighted by molar-refractivity contribution is 6.31. The fourth-order valence-electron chi connectivity index (χ4n) is 3.14. The van der Waals surface area contributed by atoms with Crippen LogP contribution in [0, 0.1) is 0 Å². The Morgan fingerprint density at radius 3 is 2.82 bits per heavy atom. The maximum absolute atomic E-state index is 6.25. The van der Waals surface area contributed by atoms with E-state index in [0.717, 1.165) is 11.6 Å². The summed E-state index contributed by atoms with van der Waals surface area (Å²) in [5.41, 5.74) is 1.27. The molecular weight excluding hydrogens is 232 g/mol.